The minimum Gasteiger partial charge on any atom is -0.459 e. The third-order valence-corrected chi connectivity index (χ3v) is 21.1. The number of hydrogen-bond acceptors (Lipinski definition) is 18. The van der Waals surface area contributed by atoms with E-state index in [1.807, 2.05) is 55.4 Å². The van der Waals surface area contributed by atoms with Crippen LogP contribution in [0.3, 0.4) is 0 Å². The molecule has 2 fully saturated rings. The minimum atomic E-state index is -1.07. The molecule has 5 aliphatic rings. The number of carbonyl (C=O) groups excluding carboxylic acids is 2. The van der Waals surface area contributed by atoms with Crippen molar-refractivity contribution in [3.63, 3.8) is 0 Å². The van der Waals surface area contributed by atoms with Crippen LogP contribution < -0.4 is 0 Å². The summed E-state index contributed by atoms with van der Waals surface area (Å²) < 4.78 is 61.3. The summed E-state index contributed by atoms with van der Waals surface area (Å²) in [5, 5.41) is 70.7. The van der Waals surface area contributed by atoms with Crippen molar-refractivity contribution in [1.82, 2.24) is 0 Å². The first-order valence-electron chi connectivity index (χ1n) is 36.0. The zero-order valence-electron chi connectivity index (χ0n) is 59.9. The van der Waals surface area contributed by atoms with Gasteiger partial charge in [0.1, 0.15) is 12.2 Å². The van der Waals surface area contributed by atoms with Crippen LogP contribution in [0, 0.1) is 35.5 Å². The molecule has 18 nitrogen and oxygen atoms in total. The predicted octanol–water partition coefficient (Wildman–Crippen LogP) is 11.7. The van der Waals surface area contributed by atoms with Crippen LogP contribution in [-0.4, -0.2) is 193 Å². The van der Waals surface area contributed by atoms with Gasteiger partial charge in [0.15, 0.2) is 0 Å². The molecule has 0 saturated carbocycles. The summed E-state index contributed by atoms with van der Waals surface area (Å²) in [6.07, 6.45) is 23.4. The Bertz CT molecular complexity index is 2180. The fourth-order valence-electron chi connectivity index (χ4n) is 14.7. The van der Waals surface area contributed by atoms with E-state index in [0.717, 1.165) is 88.2 Å². The lowest BCUT2D eigenvalue weighted by Crippen LogP contribution is -2.41. The van der Waals surface area contributed by atoms with Crippen molar-refractivity contribution in [2.24, 2.45) is 35.5 Å². The number of carbonyl (C=O) groups is 2. The Kier molecular flexibility index (Phi) is 37.0. The number of ether oxygens (including phenoxy) is 10. The van der Waals surface area contributed by atoms with Crippen LogP contribution >= 0.6 is 0 Å². The highest BCUT2D eigenvalue weighted by Crippen LogP contribution is 2.35. The molecule has 0 radical (unpaired) electrons. The number of hydrogen-bond donors (Lipinski definition) is 6. The average Bonchev–Trinajstić information content (AvgIpc) is 1.09. The maximum Gasteiger partial charge on any atom is 0.331 e. The van der Waals surface area contributed by atoms with Gasteiger partial charge in [-0.2, -0.15) is 0 Å². The number of aliphatic hydroxyl groups is 6. The van der Waals surface area contributed by atoms with Crippen molar-refractivity contribution in [3.05, 3.63) is 71.9 Å². The molecule has 5 aliphatic heterocycles. The second-order valence-corrected chi connectivity index (χ2v) is 29.0. The molecule has 540 valence electrons. The van der Waals surface area contributed by atoms with Crippen molar-refractivity contribution in [3.8, 4) is 0 Å². The van der Waals surface area contributed by atoms with E-state index in [0.29, 0.717) is 38.5 Å². The third kappa shape index (κ3) is 28.6. The number of rotatable bonds is 16. The first-order chi connectivity index (χ1) is 44.8. The lowest BCUT2D eigenvalue weighted by Gasteiger charge is -2.36. The van der Waals surface area contributed by atoms with Gasteiger partial charge in [-0.15, -0.1) is 0 Å². The summed E-state index contributed by atoms with van der Waals surface area (Å²) in [5.41, 5.74) is 1.74. The summed E-state index contributed by atoms with van der Waals surface area (Å²) >= 11 is 0. The van der Waals surface area contributed by atoms with Gasteiger partial charge < -0.3 is 78.0 Å². The predicted molar refractivity (Wildman–Crippen MR) is 366 cm³/mol. The van der Waals surface area contributed by atoms with Gasteiger partial charge >= 0.3 is 11.9 Å². The Balaban J connectivity index is 1.30. The third-order valence-electron chi connectivity index (χ3n) is 21.1. The van der Waals surface area contributed by atoms with Crippen LogP contribution in [0.2, 0.25) is 0 Å². The first kappa shape index (κ1) is 81.5. The van der Waals surface area contributed by atoms with E-state index in [1.54, 1.807) is 40.6 Å². The summed E-state index contributed by atoms with van der Waals surface area (Å²) in [7, 11) is 6.71. The van der Waals surface area contributed by atoms with Crippen molar-refractivity contribution in [2.75, 3.05) is 28.4 Å². The highest BCUT2D eigenvalue weighted by atomic mass is 16.6. The number of methoxy groups -OCH3 is 4. The van der Waals surface area contributed by atoms with Crippen LogP contribution in [0.5, 0.6) is 0 Å². The zero-order chi connectivity index (χ0) is 69.0. The van der Waals surface area contributed by atoms with Gasteiger partial charge in [0.25, 0.3) is 0 Å². The number of esters is 2. The SMILES string of the molecule is CO[C@H]1C[C@H](CC[C@H](C)[C@H](O)[C@H](C)[C@@H]2C[C@H](O)C[C@H](O)[C@H](C)[C@@H](OC)C[C@@H]3CC=C[C@@H](CCCC=C(C)C=CC(=O)O[C@H]([C@@H](C)[C@@H](O)[C@@H](C)CC[C@H]4C[C@H](OC)C[C@H](C)O4)C[C@H](O)C[C@H](O)[C@H](C)[C@@H](OC)C[C@@H]4CC=C[C@@H](CCCC=C(C)C=CC(=O)O2)O4)O3)O[C@@H](C)C1. The quantitative estimate of drug-likeness (QED) is 0.0621. The number of aliphatic hydroxyl groups excluding tert-OH is 6. The van der Waals surface area contributed by atoms with E-state index in [-0.39, 0.29) is 123 Å². The molecular weight excluding hydrogens is 1200 g/mol. The second-order valence-electron chi connectivity index (χ2n) is 29.0. The number of cyclic esters (lactones) is 2. The summed E-state index contributed by atoms with van der Waals surface area (Å²) in [6.45, 7) is 19.5. The Hall–Kier alpha value is -3.18. The van der Waals surface area contributed by atoms with Gasteiger partial charge in [-0.3, -0.25) is 0 Å². The Morgan fingerprint density at radius 2 is 0.883 bits per heavy atom. The standard InChI is InChI=1S/C76H128O18/c1-47-21-15-17-23-59-25-19-27-61(91-59)45-69(87-13)54(8)68(80)40-58(78)42-72(56(10)76(84)50(4)32-34-64-44-66(86-12)38-52(6)90-64)94-74(82)36-30-48(2)22-16-18-24-60-26-20-28-62(92-60)46-70(88-14)53(7)67(79)39-57(77)41-71(93-73(81)35-29-47)55(9)75(83)49(3)31-33-63-43-65(85-11)37-51(5)89-63/h19-22,25-26,29-30,35-36,49-72,75-80,83-84H,15-18,23-24,27-28,31-34,37-46H2,1-14H3/t49-,50-,51-,52-,53-,54-,55+,56+,57+,58+,59+,60+,61-,62-,63-,64-,65+,66+,67-,68-,69-,70-,71-,72-,75-,76-/m0/s1. The van der Waals surface area contributed by atoms with Crippen molar-refractivity contribution < 1.29 is 87.6 Å². The molecule has 18 heteroatoms. The molecule has 0 aliphatic carbocycles. The van der Waals surface area contributed by atoms with Crippen molar-refractivity contribution >= 4 is 11.9 Å². The molecule has 0 amide bonds. The normalized spacial score (nSPS) is 37.3. The van der Waals surface area contributed by atoms with Gasteiger partial charge in [0.05, 0.1) is 110 Å². The number of allylic oxidation sites excluding steroid dienone is 6. The van der Waals surface area contributed by atoms with Crippen LogP contribution in [0.1, 0.15) is 210 Å². The molecule has 6 N–H and O–H groups in total. The van der Waals surface area contributed by atoms with E-state index in [9.17, 15) is 40.2 Å². The zero-order valence-corrected chi connectivity index (χ0v) is 59.9. The van der Waals surface area contributed by atoms with Crippen molar-refractivity contribution in [2.45, 2.75) is 333 Å². The molecular formula is C76H128O18. The van der Waals surface area contributed by atoms with E-state index in [2.05, 4.69) is 50.3 Å². The minimum absolute atomic E-state index is 0.000510. The molecule has 5 heterocycles. The summed E-state index contributed by atoms with van der Waals surface area (Å²) in [6, 6.07) is 0. The molecule has 5 rings (SSSR count). The number of fused-ring (bicyclic) bond motifs is 4. The molecule has 0 spiro atoms. The Labute approximate surface area is 565 Å². The molecule has 0 aromatic rings. The van der Waals surface area contributed by atoms with Gasteiger partial charge in [-0.05, 0) is 155 Å². The molecule has 4 bridgehead atoms. The molecule has 0 unspecified atom stereocenters. The molecule has 94 heavy (non-hydrogen) atoms. The fraction of sp³-hybridized carbons (Fsp3) is 0.816. The van der Waals surface area contributed by atoms with Crippen LogP contribution in [0.4, 0.5) is 0 Å². The fourth-order valence-corrected chi connectivity index (χ4v) is 14.7. The van der Waals surface area contributed by atoms with E-state index in [4.69, 9.17) is 47.4 Å². The van der Waals surface area contributed by atoms with Gasteiger partial charge in [-0.25, -0.2) is 9.59 Å². The highest BCUT2D eigenvalue weighted by molar-refractivity contribution is 5.83. The Morgan fingerprint density at radius 1 is 0.500 bits per heavy atom. The van der Waals surface area contributed by atoms with Crippen LogP contribution in [0.15, 0.2) is 71.9 Å². The smallest absolute Gasteiger partial charge is 0.331 e. The van der Waals surface area contributed by atoms with Crippen LogP contribution in [0.25, 0.3) is 0 Å². The maximum atomic E-state index is 13.7. The van der Waals surface area contributed by atoms with Gasteiger partial charge in [0.2, 0.25) is 0 Å². The van der Waals surface area contributed by atoms with Gasteiger partial charge in [-0.1, -0.05) is 101 Å². The monoisotopic (exact) mass is 1330 g/mol. The summed E-state index contributed by atoms with van der Waals surface area (Å²) in [4.78, 5) is 27.5. The lowest BCUT2D eigenvalue weighted by atomic mass is 9.83. The molecule has 2 saturated heterocycles. The largest absolute Gasteiger partial charge is 0.459 e. The van der Waals surface area contributed by atoms with E-state index >= 15 is 0 Å². The lowest BCUT2D eigenvalue weighted by molar-refractivity contribution is -0.152. The summed E-state index contributed by atoms with van der Waals surface area (Å²) in [5.74, 6) is -3.42. The average molecular weight is 1330 g/mol. The van der Waals surface area contributed by atoms with Gasteiger partial charge in [0, 0.05) is 89.9 Å². The maximum absolute atomic E-state index is 13.7. The molecule has 0 aromatic carbocycles. The molecule has 26 atom stereocenters. The second kappa shape index (κ2) is 42.7. The van der Waals surface area contributed by atoms with Crippen molar-refractivity contribution in [1.29, 1.82) is 0 Å². The van der Waals surface area contributed by atoms with Crippen LogP contribution in [-0.2, 0) is 57.0 Å². The molecule has 0 aromatic heterocycles. The Morgan fingerprint density at radius 3 is 1.24 bits per heavy atom. The first-order valence-corrected chi connectivity index (χ1v) is 36.0. The van der Waals surface area contributed by atoms with E-state index in [1.165, 1.54) is 12.2 Å². The highest BCUT2D eigenvalue weighted by Gasteiger charge is 2.39. The topological polar surface area (TPSA) is 248 Å². The van der Waals surface area contributed by atoms with E-state index < -0.39 is 72.6 Å².